The second-order valence-electron chi connectivity index (χ2n) is 3.16. The van der Waals surface area contributed by atoms with Crippen molar-refractivity contribution in [3.8, 4) is 0 Å². The van der Waals surface area contributed by atoms with E-state index in [0.29, 0.717) is 6.04 Å². The molecule has 14 heavy (non-hydrogen) atoms. The van der Waals surface area contributed by atoms with Crippen LogP contribution in [0.4, 0.5) is 0 Å². The molecule has 3 nitrogen and oxygen atoms in total. The lowest BCUT2D eigenvalue weighted by Gasteiger charge is -2.11. The van der Waals surface area contributed by atoms with Gasteiger partial charge < -0.3 is 5.32 Å². The molecular formula is C9H17N3S2. The van der Waals surface area contributed by atoms with Gasteiger partial charge in [0, 0.05) is 18.0 Å². The van der Waals surface area contributed by atoms with Crippen LogP contribution in [0, 0.1) is 0 Å². The van der Waals surface area contributed by atoms with E-state index in [4.69, 9.17) is 0 Å². The molecular weight excluding hydrogens is 214 g/mol. The number of thioether (sulfide) groups is 1. The van der Waals surface area contributed by atoms with Gasteiger partial charge in [0.2, 0.25) is 0 Å². The fourth-order valence-corrected chi connectivity index (χ4v) is 2.31. The smallest absolute Gasteiger partial charge is 0.0893 e. The van der Waals surface area contributed by atoms with E-state index in [9.17, 15) is 0 Å². The van der Waals surface area contributed by atoms with Crippen molar-refractivity contribution in [1.29, 1.82) is 0 Å². The molecule has 0 bridgehead atoms. The topological polar surface area (TPSA) is 37.8 Å². The molecule has 0 saturated heterocycles. The zero-order valence-electron chi connectivity index (χ0n) is 8.69. The van der Waals surface area contributed by atoms with Crippen molar-refractivity contribution < 1.29 is 0 Å². The van der Waals surface area contributed by atoms with Crippen LogP contribution in [0.2, 0.25) is 0 Å². The van der Waals surface area contributed by atoms with Crippen molar-refractivity contribution in [3.63, 3.8) is 0 Å². The summed E-state index contributed by atoms with van der Waals surface area (Å²) in [6, 6.07) is 0.566. The molecule has 5 heteroatoms. The summed E-state index contributed by atoms with van der Waals surface area (Å²) in [5.41, 5.74) is 1.05. The molecule has 1 aromatic heterocycles. The number of nitrogens with zero attached hydrogens (tertiary/aromatic N) is 2. The third kappa shape index (κ3) is 4.93. The summed E-state index contributed by atoms with van der Waals surface area (Å²) >= 11 is 3.40. The molecule has 1 unspecified atom stereocenters. The van der Waals surface area contributed by atoms with Gasteiger partial charge in [-0.1, -0.05) is 11.4 Å². The Labute approximate surface area is 93.8 Å². The summed E-state index contributed by atoms with van der Waals surface area (Å²) < 4.78 is 3.82. The maximum Gasteiger partial charge on any atom is 0.0893 e. The first-order valence-electron chi connectivity index (χ1n) is 4.90. The van der Waals surface area contributed by atoms with Gasteiger partial charge in [0.05, 0.1) is 5.69 Å². The molecule has 0 radical (unpaired) electrons. The molecule has 0 amide bonds. The van der Waals surface area contributed by atoms with Crippen LogP contribution < -0.4 is 5.32 Å². The second kappa shape index (κ2) is 7.20. The number of aromatic nitrogens is 2. The average molecular weight is 231 g/mol. The summed E-state index contributed by atoms with van der Waals surface area (Å²) in [5.74, 6) is 2.45. The molecule has 1 heterocycles. The van der Waals surface area contributed by atoms with Crippen molar-refractivity contribution in [2.75, 3.05) is 11.5 Å². The Kier molecular flexibility index (Phi) is 6.14. The summed E-state index contributed by atoms with van der Waals surface area (Å²) in [4.78, 5) is 0. The molecule has 1 rings (SSSR count). The third-order valence-corrected chi connectivity index (χ3v) is 3.42. The summed E-state index contributed by atoms with van der Waals surface area (Å²) in [7, 11) is 0. The van der Waals surface area contributed by atoms with E-state index in [2.05, 4.69) is 28.8 Å². The first-order chi connectivity index (χ1) is 6.83. The molecule has 0 aliphatic carbocycles. The van der Waals surface area contributed by atoms with Gasteiger partial charge in [-0.3, -0.25) is 0 Å². The van der Waals surface area contributed by atoms with E-state index >= 15 is 0 Å². The summed E-state index contributed by atoms with van der Waals surface area (Å²) in [6.45, 7) is 5.26. The standard InChI is InChI=1S/C9H17N3S2/c1-3-13-5-4-8(2)10-6-9-7-14-12-11-9/h7-8,10H,3-6H2,1-2H3. The Morgan fingerprint density at radius 2 is 2.50 bits per heavy atom. The highest BCUT2D eigenvalue weighted by Gasteiger charge is 2.02. The molecule has 1 aromatic rings. The summed E-state index contributed by atoms with van der Waals surface area (Å²) in [6.07, 6.45) is 1.22. The zero-order chi connectivity index (χ0) is 10.2. The molecule has 80 valence electrons. The quantitative estimate of drug-likeness (QED) is 0.730. The van der Waals surface area contributed by atoms with Crippen LogP contribution in [-0.4, -0.2) is 27.1 Å². The minimum atomic E-state index is 0.566. The third-order valence-electron chi connectivity index (χ3n) is 1.94. The molecule has 0 fully saturated rings. The van der Waals surface area contributed by atoms with Gasteiger partial charge in [0.25, 0.3) is 0 Å². The Bertz CT molecular complexity index is 226. The fraction of sp³-hybridized carbons (Fsp3) is 0.778. The van der Waals surface area contributed by atoms with Crippen LogP contribution in [0.5, 0.6) is 0 Å². The Balaban J connectivity index is 2.06. The maximum atomic E-state index is 3.99. The lowest BCUT2D eigenvalue weighted by atomic mass is 10.2. The molecule has 0 aliphatic heterocycles. The lowest BCUT2D eigenvalue weighted by molar-refractivity contribution is 0.532. The number of rotatable bonds is 7. The van der Waals surface area contributed by atoms with Gasteiger partial charge in [-0.05, 0) is 36.4 Å². The van der Waals surface area contributed by atoms with Gasteiger partial charge >= 0.3 is 0 Å². The monoisotopic (exact) mass is 231 g/mol. The SMILES string of the molecule is CCSCCC(C)NCc1csnn1. The van der Waals surface area contributed by atoms with Gasteiger partial charge in [0.15, 0.2) is 0 Å². The van der Waals surface area contributed by atoms with Crippen LogP contribution in [0.3, 0.4) is 0 Å². The normalized spacial score (nSPS) is 13.0. The molecule has 0 saturated carbocycles. The second-order valence-corrected chi connectivity index (χ2v) is 5.17. The van der Waals surface area contributed by atoms with E-state index in [1.54, 1.807) is 0 Å². The van der Waals surface area contributed by atoms with E-state index in [1.807, 2.05) is 17.1 Å². The minimum Gasteiger partial charge on any atom is -0.309 e. The number of nitrogens with one attached hydrogen (secondary N) is 1. The Hall–Kier alpha value is -0.130. The van der Waals surface area contributed by atoms with E-state index in [0.717, 1.165) is 12.2 Å². The molecule has 0 spiro atoms. The predicted octanol–water partition coefficient (Wildman–Crippen LogP) is 2.16. The molecule has 0 aromatic carbocycles. The molecule has 1 N–H and O–H groups in total. The van der Waals surface area contributed by atoms with E-state index < -0.39 is 0 Å². The van der Waals surface area contributed by atoms with Gasteiger partial charge in [-0.15, -0.1) is 5.10 Å². The maximum absolute atomic E-state index is 3.99. The molecule has 0 aliphatic rings. The van der Waals surface area contributed by atoms with Crippen LogP contribution in [0.25, 0.3) is 0 Å². The minimum absolute atomic E-state index is 0.566. The fourth-order valence-electron chi connectivity index (χ4n) is 1.05. The Morgan fingerprint density at radius 3 is 3.14 bits per heavy atom. The van der Waals surface area contributed by atoms with Crippen LogP contribution >= 0.6 is 23.3 Å². The first-order valence-corrected chi connectivity index (χ1v) is 6.89. The first kappa shape index (κ1) is 11.9. The largest absolute Gasteiger partial charge is 0.309 e. The van der Waals surface area contributed by atoms with Crippen molar-refractivity contribution in [3.05, 3.63) is 11.1 Å². The van der Waals surface area contributed by atoms with Gasteiger partial charge in [-0.2, -0.15) is 11.8 Å². The lowest BCUT2D eigenvalue weighted by Crippen LogP contribution is -2.26. The van der Waals surface area contributed by atoms with Crippen LogP contribution in [-0.2, 0) is 6.54 Å². The average Bonchev–Trinajstić information content (AvgIpc) is 2.68. The van der Waals surface area contributed by atoms with Gasteiger partial charge in [0.1, 0.15) is 0 Å². The summed E-state index contributed by atoms with van der Waals surface area (Å²) in [5, 5.41) is 9.41. The molecule has 1 atom stereocenters. The predicted molar refractivity (Wildman–Crippen MR) is 63.8 cm³/mol. The van der Waals surface area contributed by atoms with E-state index in [-0.39, 0.29) is 0 Å². The van der Waals surface area contributed by atoms with Crippen LogP contribution in [0.1, 0.15) is 26.0 Å². The Morgan fingerprint density at radius 1 is 1.64 bits per heavy atom. The number of hydrogen-bond donors (Lipinski definition) is 1. The highest BCUT2D eigenvalue weighted by atomic mass is 32.2. The van der Waals surface area contributed by atoms with Gasteiger partial charge in [-0.25, -0.2) is 0 Å². The van der Waals surface area contributed by atoms with E-state index in [1.165, 1.54) is 29.5 Å². The zero-order valence-corrected chi connectivity index (χ0v) is 10.3. The highest BCUT2D eigenvalue weighted by Crippen LogP contribution is 2.04. The highest BCUT2D eigenvalue weighted by molar-refractivity contribution is 7.99. The number of hydrogen-bond acceptors (Lipinski definition) is 5. The van der Waals surface area contributed by atoms with Crippen molar-refractivity contribution in [2.24, 2.45) is 0 Å². The van der Waals surface area contributed by atoms with Crippen molar-refractivity contribution in [1.82, 2.24) is 14.9 Å². The van der Waals surface area contributed by atoms with Crippen LogP contribution in [0.15, 0.2) is 5.38 Å². The van der Waals surface area contributed by atoms with Crippen molar-refractivity contribution >= 4 is 23.3 Å². The van der Waals surface area contributed by atoms with Crippen molar-refractivity contribution in [2.45, 2.75) is 32.9 Å².